The molecule has 0 unspecified atom stereocenters. The lowest BCUT2D eigenvalue weighted by Crippen LogP contribution is -2.38. The molecule has 2 aliphatic rings. The third-order valence-corrected chi connectivity index (χ3v) is 7.19. The van der Waals surface area contributed by atoms with Crippen LogP contribution in [0.3, 0.4) is 0 Å². The first kappa shape index (κ1) is 24.1. The molecule has 2 aromatic carbocycles. The number of hydrogen-bond acceptors (Lipinski definition) is 5. The smallest absolute Gasteiger partial charge is 0.237 e. The van der Waals surface area contributed by atoms with Crippen molar-refractivity contribution in [2.24, 2.45) is 5.92 Å². The molecule has 7 nitrogen and oxygen atoms in total. The number of halogens is 1. The van der Waals surface area contributed by atoms with E-state index >= 15 is 0 Å². The van der Waals surface area contributed by atoms with Crippen LogP contribution in [0.25, 0.3) is 0 Å². The number of nitrogens with one attached hydrogen (secondary N) is 1. The van der Waals surface area contributed by atoms with E-state index in [1.807, 2.05) is 17.0 Å². The Kier molecular flexibility index (Phi) is 7.32. The summed E-state index contributed by atoms with van der Waals surface area (Å²) in [5, 5.41) is 11.4. The number of hydrogen-bond donors (Lipinski definition) is 1. The van der Waals surface area contributed by atoms with Crippen LogP contribution in [0.5, 0.6) is 0 Å². The van der Waals surface area contributed by atoms with Gasteiger partial charge in [0, 0.05) is 25.8 Å². The second-order valence-corrected chi connectivity index (χ2v) is 9.46. The van der Waals surface area contributed by atoms with Crippen molar-refractivity contribution in [2.75, 3.05) is 31.1 Å². The van der Waals surface area contributed by atoms with E-state index in [0.29, 0.717) is 36.9 Å². The fourth-order valence-electron chi connectivity index (χ4n) is 5.11. The molecular weight excluding hydrogens is 457 g/mol. The van der Waals surface area contributed by atoms with Crippen LogP contribution in [0.4, 0.5) is 15.9 Å². The number of amides is 2. The lowest BCUT2D eigenvalue weighted by molar-refractivity contribution is -0.131. The average molecular weight is 488 g/mol. The second kappa shape index (κ2) is 11.0. The van der Waals surface area contributed by atoms with Crippen LogP contribution in [-0.2, 0) is 16.0 Å². The maximum atomic E-state index is 13.9. The molecule has 3 heterocycles. The number of carbonyl (C=O) groups is 2. The topological polar surface area (TPSA) is 78.4 Å². The van der Waals surface area contributed by atoms with Crippen LogP contribution in [0.15, 0.2) is 66.9 Å². The van der Waals surface area contributed by atoms with Gasteiger partial charge in [-0.05, 0) is 73.2 Å². The van der Waals surface area contributed by atoms with Crippen molar-refractivity contribution >= 4 is 23.3 Å². The van der Waals surface area contributed by atoms with Gasteiger partial charge in [0.25, 0.3) is 0 Å². The van der Waals surface area contributed by atoms with Crippen LogP contribution >= 0.6 is 0 Å². The van der Waals surface area contributed by atoms with Crippen LogP contribution in [0, 0.1) is 11.7 Å². The Labute approximate surface area is 210 Å². The molecular formula is C28H30FN5O2. The zero-order valence-electron chi connectivity index (χ0n) is 20.1. The first-order valence-electron chi connectivity index (χ1n) is 12.5. The highest BCUT2D eigenvalue weighted by atomic mass is 19.1. The molecule has 1 N–H and O–H groups in total. The molecule has 36 heavy (non-hydrogen) atoms. The van der Waals surface area contributed by atoms with Crippen molar-refractivity contribution < 1.29 is 14.0 Å². The minimum atomic E-state index is -0.334. The van der Waals surface area contributed by atoms with Crippen LogP contribution in [-0.4, -0.2) is 53.1 Å². The summed E-state index contributed by atoms with van der Waals surface area (Å²) in [4.78, 5) is 29.5. The van der Waals surface area contributed by atoms with E-state index in [1.54, 1.807) is 41.4 Å². The molecule has 1 aromatic heterocycles. The van der Waals surface area contributed by atoms with Gasteiger partial charge in [-0.25, -0.2) is 4.39 Å². The molecule has 2 aliphatic heterocycles. The van der Waals surface area contributed by atoms with Crippen molar-refractivity contribution in [3.05, 3.63) is 83.8 Å². The molecule has 2 fully saturated rings. The lowest BCUT2D eigenvalue weighted by atomic mass is 9.89. The monoisotopic (exact) mass is 487 g/mol. The van der Waals surface area contributed by atoms with Gasteiger partial charge in [0.2, 0.25) is 11.8 Å². The predicted molar refractivity (Wildman–Crippen MR) is 135 cm³/mol. The van der Waals surface area contributed by atoms with Gasteiger partial charge in [-0.1, -0.05) is 30.3 Å². The molecule has 5 rings (SSSR count). The van der Waals surface area contributed by atoms with Crippen LogP contribution in [0.2, 0.25) is 0 Å². The van der Waals surface area contributed by atoms with E-state index < -0.39 is 0 Å². The number of piperidine rings is 1. The van der Waals surface area contributed by atoms with Gasteiger partial charge in [0.15, 0.2) is 5.82 Å². The van der Waals surface area contributed by atoms with Crippen molar-refractivity contribution in [3.63, 3.8) is 0 Å². The van der Waals surface area contributed by atoms with Crippen molar-refractivity contribution in [1.29, 1.82) is 0 Å². The third-order valence-electron chi connectivity index (χ3n) is 7.19. The van der Waals surface area contributed by atoms with E-state index in [2.05, 4.69) is 27.6 Å². The minimum Gasteiger partial charge on any atom is -0.342 e. The van der Waals surface area contributed by atoms with Gasteiger partial charge >= 0.3 is 0 Å². The molecule has 186 valence electrons. The minimum absolute atomic E-state index is 0.0231. The van der Waals surface area contributed by atoms with Gasteiger partial charge in [-0.15, -0.1) is 5.10 Å². The molecule has 1 atom stereocenters. The number of nitrogens with zero attached hydrogens (tertiary/aromatic N) is 4. The molecule has 8 heteroatoms. The van der Waals surface area contributed by atoms with Gasteiger partial charge in [-0.3, -0.25) is 14.5 Å². The van der Waals surface area contributed by atoms with E-state index in [1.165, 1.54) is 11.6 Å². The van der Waals surface area contributed by atoms with E-state index in [0.717, 1.165) is 31.5 Å². The zero-order valence-corrected chi connectivity index (χ0v) is 20.1. The Morgan fingerprint density at radius 2 is 1.78 bits per heavy atom. The Balaban J connectivity index is 1.24. The Hall–Kier alpha value is -3.65. The number of rotatable bonds is 6. The molecule has 0 bridgehead atoms. The van der Waals surface area contributed by atoms with E-state index in [4.69, 9.17) is 0 Å². The number of aromatic nitrogens is 2. The highest BCUT2D eigenvalue weighted by molar-refractivity contribution is 6.01. The summed E-state index contributed by atoms with van der Waals surface area (Å²) in [5.41, 5.74) is 2.40. The maximum Gasteiger partial charge on any atom is 0.237 e. The standard InChI is InChI=1S/C28H30FN5O2/c29-25-5-2-1-4-22(25)18-27(35)33-16-12-21(13-17-33)20-7-9-24(10-8-20)34(26-6-3-14-31-32-26)28(36)23-11-15-30-19-23/h1-10,14,21,23,30H,11-13,15-19H2/t23-/m0/s1. The Bertz CT molecular complexity index is 1190. The molecule has 2 saturated heterocycles. The number of benzene rings is 2. The van der Waals surface area contributed by atoms with Gasteiger partial charge in [0.05, 0.1) is 18.0 Å². The average Bonchev–Trinajstić information content (AvgIpc) is 3.47. The zero-order chi connectivity index (χ0) is 24.9. The van der Waals surface area contributed by atoms with Gasteiger partial charge in [-0.2, -0.15) is 5.10 Å². The summed E-state index contributed by atoms with van der Waals surface area (Å²) in [6.07, 6.45) is 4.20. The molecule has 3 aromatic rings. The lowest BCUT2D eigenvalue weighted by Gasteiger charge is -2.32. The first-order chi connectivity index (χ1) is 17.6. The summed E-state index contributed by atoms with van der Waals surface area (Å²) in [7, 11) is 0. The number of likely N-dealkylation sites (tertiary alicyclic amines) is 1. The quantitative estimate of drug-likeness (QED) is 0.572. The van der Waals surface area contributed by atoms with E-state index in [-0.39, 0.29) is 30.0 Å². The highest BCUT2D eigenvalue weighted by Crippen LogP contribution is 2.32. The van der Waals surface area contributed by atoms with Crippen molar-refractivity contribution in [3.8, 4) is 0 Å². The Morgan fingerprint density at radius 3 is 2.44 bits per heavy atom. The maximum absolute atomic E-state index is 13.9. The molecule has 2 amide bonds. The fourth-order valence-corrected chi connectivity index (χ4v) is 5.11. The highest BCUT2D eigenvalue weighted by Gasteiger charge is 2.30. The third kappa shape index (κ3) is 5.28. The Morgan fingerprint density at radius 1 is 1.00 bits per heavy atom. The first-order valence-corrected chi connectivity index (χ1v) is 12.5. The van der Waals surface area contributed by atoms with E-state index in [9.17, 15) is 14.0 Å². The van der Waals surface area contributed by atoms with Gasteiger partial charge in [0.1, 0.15) is 5.82 Å². The normalized spacial score (nSPS) is 18.2. The van der Waals surface area contributed by atoms with Crippen molar-refractivity contribution in [1.82, 2.24) is 20.4 Å². The number of carbonyl (C=O) groups excluding carboxylic acids is 2. The molecule has 0 spiro atoms. The summed E-state index contributed by atoms with van der Waals surface area (Å²) in [6, 6.07) is 18.1. The summed E-state index contributed by atoms with van der Waals surface area (Å²) >= 11 is 0. The summed E-state index contributed by atoms with van der Waals surface area (Å²) < 4.78 is 13.9. The van der Waals surface area contributed by atoms with Crippen LogP contribution in [0.1, 0.15) is 36.3 Å². The number of anilines is 2. The largest absolute Gasteiger partial charge is 0.342 e. The molecule has 0 radical (unpaired) electrons. The predicted octanol–water partition coefficient (Wildman–Crippen LogP) is 3.84. The van der Waals surface area contributed by atoms with Crippen molar-refractivity contribution in [2.45, 2.75) is 31.6 Å². The summed E-state index contributed by atoms with van der Waals surface area (Å²) in [6.45, 7) is 2.81. The van der Waals surface area contributed by atoms with Gasteiger partial charge < -0.3 is 10.2 Å². The van der Waals surface area contributed by atoms with Crippen LogP contribution < -0.4 is 10.2 Å². The second-order valence-electron chi connectivity index (χ2n) is 9.46. The SMILES string of the molecule is O=C(Cc1ccccc1F)N1CCC(c2ccc(N(C(=O)[C@H]3CCNC3)c3cccnn3)cc2)CC1. The fraction of sp³-hybridized carbons (Fsp3) is 0.357. The summed E-state index contributed by atoms with van der Waals surface area (Å²) in [5.74, 6) is 0.417. The molecule has 0 aliphatic carbocycles. The molecule has 0 saturated carbocycles.